The van der Waals surface area contributed by atoms with Crippen LogP contribution in [0.25, 0.3) is 10.9 Å². The summed E-state index contributed by atoms with van der Waals surface area (Å²) in [6, 6.07) is 13.5. The van der Waals surface area contributed by atoms with Gasteiger partial charge >= 0.3 is 6.09 Å². The van der Waals surface area contributed by atoms with E-state index in [1.165, 1.54) is 5.56 Å². The van der Waals surface area contributed by atoms with Crippen molar-refractivity contribution in [2.45, 2.75) is 51.8 Å². The summed E-state index contributed by atoms with van der Waals surface area (Å²) < 4.78 is 11.7. The number of hydrogen-bond acceptors (Lipinski definition) is 5. The molecule has 5 rings (SSSR count). The van der Waals surface area contributed by atoms with Crippen LogP contribution in [-0.2, 0) is 17.7 Å². The summed E-state index contributed by atoms with van der Waals surface area (Å²) in [4.78, 5) is 20.3. The number of fused-ring (bicyclic) bond motifs is 3. The minimum atomic E-state index is -0.584. The Kier molecular flexibility index (Phi) is 6.62. The molecule has 0 bridgehead atoms. The molecule has 3 heterocycles. The van der Waals surface area contributed by atoms with Gasteiger partial charge in [-0.3, -0.25) is 4.90 Å². The number of nitrogens with zero attached hydrogens (tertiary/aromatic N) is 4. The molecule has 0 saturated carbocycles. The molecule has 1 unspecified atom stereocenters. The summed E-state index contributed by atoms with van der Waals surface area (Å²) in [5.41, 5.74) is 3.58. The molecule has 0 saturated heterocycles. The van der Waals surface area contributed by atoms with E-state index >= 15 is 0 Å². The minimum Gasteiger partial charge on any atom is -0.494 e. The number of ether oxygens (including phenoxy) is 2. The number of nitrogens with one attached hydrogen (secondary N) is 1. The molecule has 2 aromatic carbocycles. The molecule has 0 radical (unpaired) electrons. The lowest BCUT2D eigenvalue weighted by molar-refractivity contribution is 0.0175. The topological polar surface area (TPSA) is 85.3 Å². The Bertz CT molecular complexity index is 1340. The second-order valence-corrected chi connectivity index (χ2v) is 10.4. The molecule has 1 N–H and O–H groups in total. The summed E-state index contributed by atoms with van der Waals surface area (Å²) >= 11 is 6.30. The van der Waals surface area contributed by atoms with Crippen LogP contribution in [0.3, 0.4) is 0 Å². The van der Waals surface area contributed by atoms with E-state index in [1.807, 2.05) is 63.2 Å². The van der Waals surface area contributed by atoms with Gasteiger partial charge in [-0.15, -0.1) is 0 Å². The van der Waals surface area contributed by atoms with Gasteiger partial charge in [0.05, 0.1) is 25.5 Å². The molecule has 8 nitrogen and oxygen atoms in total. The number of halogens is 1. The predicted molar refractivity (Wildman–Crippen MR) is 138 cm³/mol. The number of aryl methyl sites for hydroxylation is 1. The van der Waals surface area contributed by atoms with Crippen molar-refractivity contribution < 1.29 is 14.3 Å². The molecular weight excluding hydrogens is 478 g/mol. The van der Waals surface area contributed by atoms with Gasteiger partial charge < -0.3 is 14.5 Å². The minimum absolute atomic E-state index is 0.310. The maximum atomic E-state index is 13.2. The maximum absolute atomic E-state index is 13.2. The average Bonchev–Trinajstić information content (AvgIpc) is 3.48. The number of hydrogen-bond donors (Lipinski definition) is 1. The quantitative estimate of drug-likeness (QED) is 0.335. The molecule has 36 heavy (non-hydrogen) atoms. The van der Waals surface area contributed by atoms with Crippen molar-refractivity contribution >= 4 is 28.6 Å². The summed E-state index contributed by atoms with van der Waals surface area (Å²) in [6.07, 6.45) is 4.52. The SMILES string of the molecule is CC(C)(C)OC(=O)N1CCc2c([nH]c3ccc(Cl)cc23)C1c1ccc(OCCCn2nccn2)cc1. The predicted octanol–water partition coefficient (Wildman–Crippen LogP) is 5.76. The van der Waals surface area contributed by atoms with Crippen LogP contribution in [0.15, 0.2) is 54.9 Å². The van der Waals surface area contributed by atoms with Gasteiger partial charge in [0.1, 0.15) is 17.4 Å². The number of rotatable bonds is 6. The highest BCUT2D eigenvalue weighted by Crippen LogP contribution is 2.40. The smallest absolute Gasteiger partial charge is 0.411 e. The Morgan fingerprint density at radius 3 is 2.61 bits per heavy atom. The first-order chi connectivity index (χ1) is 17.3. The Morgan fingerprint density at radius 2 is 1.89 bits per heavy atom. The molecule has 188 valence electrons. The Labute approximate surface area is 215 Å². The van der Waals surface area contributed by atoms with Gasteiger partial charge in [0.25, 0.3) is 0 Å². The lowest BCUT2D eigenvalue weighted by Gasteiger charge is -2.37. The first-order valence-corrected chi connectivity index (χ1v) is 12.5. The molecule has 9 heteroatoms. The second kappa shape index (κ2) is 9.85. The first-order valence-electron chi connectivity index (χ1n) is 12.1. The van der Waals surface area contributed by atoms with Crippen molar-refractivity contribution in [3.05, 3.63) is 76.7 Å². The van der Waals surface area contributed by atoms with Crippen molar-refractivity contribution in [3.8, 4) is 5.75 Å². The van der Waals surface area contributed by atoms with Crippen molar-refractivity contribution in [1.82, 2.24) is 24.9 Å². The Morgan fingerprint density at radius 1 is 1.14 bits per heavy atom. The van der Waals surface area contributed by atoms with Crippen molar-refractivity contribution in [1.29, 1.82) is 0 Å². The van der Waals surface area contributed by atoms with Crippen LogP contribution in [0.2, 0.25) is 5.02 Å². The highest BCUT2D eigenvalue weighted by Gasteiger charge is 2.36. The molecule has 0 aliphatic carbocycles. The van der Waals surface area contributed by atoms with E-state index in [-0.39, 0.29) is 12.1 Å². The summed E-state index contributed by atoms with van der Waals surface area (Å²) in [5.74, 6) is 0.774. The molecule has 0 fully saturated rings. The van der Waals surface area contributed by atoms with Crippen molar-refractivity contribution in [2.75, 3.05) is 13.2 Å². The summed E-state index contributed by atoms with van der Waals surface area (Å²) in [5, 5.41) is 10.00. The van der Waals surface area contributed by atoms with Crippen LogP contribution in [0.1, 0.15) is 50.1 Å². The number of carbonyl (C=O) groups excluding carboxylic acids is 1. The molecule has 1 aliphatic rings. The van der Waals surface area contributed by atoms with E-state index in [9.17, 15) is 4.79 Å². The molecule has 1 aliphatic heterocycles. The van der Waals surface area contributed by atoms with Gasteiger partial charge in [0, 0.05) is 34.6 Å². The van der Waals surface area contributed by atoms with E-state index in [1.54, 1.807) is 22.1 Å². The third-order valence-corrected chi connectivity index (χ3v) is 6.39. The van der Waals surface area contributed by atoms with Crippen LogP contribution < -0.4 is 4.74 Å². The van der Waals surface area contributed by atoms with Gasteiger partial charge in [0.2, 0.25) is 0 Å². The van der Waals surface area contributed by atoms with Crippen molar-refractivity contribution in [3.63, 3.8) is 0 Å². The van der Waals surface area contributed by atoms with Crippen molar-refractivity contribution in [2.24, 2.45) is 0 Å². The van der Waals surface area contributed by atoms with E-state index in [2.05, 4.69) is 15.2 Å². The number of amides is 1. The third-order valence-electron chi connectivity index (χ3n) is 6.15. The van der Waals surface area contributed by atoms with E-state index in [4.69, 9.17) is 21.1 Å². The zero-order valence-corrected chi connectivity index (χ0v) is 21.5. The fraction of sp³-hybridized carbons (Fsp3) is 0.370. The number of aromatic nitrogens is 4. The zero-order chi connectivity index (χ0) is 25.3. The van der Waals surface area contributed by atoms with Gasteiger partial charge in [-0.25, -0.2) is 4.79 Å². The zero-order valence-electron chi connectivity index (χ0n) is 20.7. The number of benzene rings is 2. The van der Waals surface area contributed by atoms with Crippen LogP contribution in [0.4, 0.5) is 4.79 Å². The monoisotopic (exact) mass is 507 g/mol. The average molecular weight is 508 g/mol. The normalized spacial score (nSPS) is 15.7. The molecule has 4 aromatic rings. The third kappa shape index (κ3) is 5.18. The standard InChI is InChI=1S/C27H30ClN5O3/c1-27(2,3)36-26(34)32-15-11-21-22-17-19(28)7-10-23(22)31-24(21)25(32)18-5-8-20(9-6-18)35-16-4-14-33-29-12-13-30-33/h5-10,12-13,17,25,31H,4,11,14-16H2,1-3H3. The molecule has 1 atom stereocenters. The first kappa shape index (κ1) is 24.2. The lowest BCUT2D eigenvalue weighted by Crippen LogP contribution is -2.43. The van der Waals surface area contributed by atoms with Gasteiger partial charge in [-0.2, -0.15) is 15.0 Å². The molecule has 1 amide bonds. The highest BCUT2D eigenvalue weighted by atomic mass is 35.5. The molecular formula is C27H30ClN5O3. The Hall–Kier alpha value is -3.52. The van der Waals surface area contributed by atoms with Crippen LogP contribution >= 0.6 is 11.6 Å². The maximum Gasteiger partial charge on any atom is 0.411 e. The van der Waals surface area contributed by atoms with Crippen LogP contribution in [0.5, 0.6) is 5.75 Å². The number of carbonyl (C=O) groups is 1. The fourth-order valence-electron chi connectivity index (χ4n) is 4.63. The molecule has 2 aromatic heterocycles. The largest absolute Gasteiger partial charge is 0.494 e. The number of aromatic amines is 1. The lowest BCUT2D eigenvalue weighted by atomic mass is 9.92. The van der Waals surface area contributed by atoms with E-state index in [0.717, 1.165) is 40.8 Å². The van der Waals surface area contributed by atoms with E-state index in [0.29, 0.717) is 24.7 Å². The van der Waals surface area contributed by atoms with Gasteiger partial charge in [-0.05, 0) is 68.7 Å². The second-order valence-electron chi connectivity index (χ2n) is 9.93. The fourth-order valence-corrected chi connectivity index (χ4v) is 4.80. The summed E-state index contributed by atoms with van der Waals surface area (Å²) in [7, 11) is 0. The Balaban J connectivity index is 1.40. The van der Waals surface area contributed by atoms with E-state index < -0.39 is 5.60 Å². The number of H-pyrrole nitrogens is 1. The molecule has 0 spiro atoms. The van der Waals surface area contributed by atoms with Crippen LogP contribution in [-0.4, -0.2) is 49.7 Å². The van der Waals surface area contributed by atoms with Gasteiger partial charge in [-0.1, -0.05) is 23.7 Å². The summed E-state index contributed by atoms with van der Waals surface area (Å²) in [6.45, 7) is 7.45. The highest BCUT2D eigenvalue weighted by molar-refractivity contribution is 6.31. The van der Waals surface area contributed by atoms with Gasteiger partial charge in [0.15, 0.2) is 0 Å². The van der Waals surface area contributed by atoms with Crippen LogP contribution in [0, 0.1) is 0 Å².